The van der Waals surface area contributed by atoms with Crippen molar-refractivity contribution in [3.05, 3.63) is 21.8 Å². The Bertz CT molecular complexity index is 352. The molecule has 1 atom stereocenters. The first-order valence-corrected chi connectivity index (χ1v) is 10.7. The molecule has 0 aliphatic heterocycles. The summed E-state index contributed by atoms with van der Waals surface area (Å²) in [5, 5.41) is 10.7. The summed E-state index contributed by atoms with van der Waals surface area (Å²) in [4.78, 5) is 0. The fourth-order valence-electron chi connectivity index (χ4n) is 1.31. The van der Waals surface area contributed by atoms with Crippen molar-refractivity contribution in [1.29, 1.82) is 0 Å². The van der Waals surface area contributed by atoms with E-state index in [0.29, 0.717) is 13.0 Å². The molecule has 0 aliphatic carbocycles. The van der Waals surface area contributed by atoms with Crippen molar-refractivity contribution in [3.63, 3.8) is 0 Å². The Hall–Kier alpha value is 0.347. The van der Waals surface area contributed by atoms with Gasteiger partial charge in [-0.3, -0.25) is 0 Å². The van der Waals surface area contributed by atoms with E-state index < -0.39 is 13.9 Å². The highest BCUT2D eigenvalue weighted by Gasteiger charge is 2.37. The minimum atomic E-state index is -1.72. The Morgan fingerprint density at radius 2 is 1.79 bits per heavy atom. The van der Waals surface area contributed by atoms with Crippen LogP contribution in [0.15, 0.2) is 21.8 Å². The van der Waals surface area contributed by atoms with Gasteiger partial charge in [-0.2, -0.15) is 0 Å². The van der Waals surface area contributed by atoms with Crippen LogP contribution >= 0.6 is 22.6 Å². The van der Waals surface area contributed by atoms with E-state index in [4.69, 9.17) is 4.43 Å². The topological polar surface area (TPSA) is 29.5 Å². The summed E-state index contributed by atoms with van der Waals surface area (Å²) in [5.74, 6) is 0. The second kappa shape index (κ2) is 6.87. The van der Waals surface area contributed by atoms with Crippen molar-refractivity contribution in [2.24, 2.45) is 0 Å². The molecule has 1 N–H and O–H groups in total. The van der Waals surface area contributed by atoms with Gasteiger partial charge in [0.05, 0.1) is 5.60 Å². The van der Waals surface area contributed by atoms with Crippen LogP contribution in [-0.2, 0) is 4.43 Å². The number of halogens is 1. The zero-order valence-corrected chi connectivity index (χ0v) is 16.6. The van der Waals surface area contributed by atoms with Crippen LogP contribution in [0.4, 0.5) is 0 Å². The molecule has 112 valence electrons. The monoisotopic (exact) mass is 396 g/mol. The molecule has 0 rings (SSSR count). The molecule has 0 saturated heterocycles. The molecule has 0 aromatic heterocycles. The molecule has 2 nitrogen and oxygen atoms in total. The number of hydrogen-bond donors (Lipinski definition) is 1. The quantitative estimate of drug-likeness (QED) is 0.387. The van der Waals surface area contributed by atoms with Crippen LogP contribution in [0.2, 0.25) is 18.1 Å². The molecule has 0 aliphatic rings. The average Bonchev–Trinajstić information content (AvgIpc) is 2.13. The van der Waals surface area contributed by atoms with Gasteiger partial charge >= 0.3 is 0 Å². The van der Waals surface area contributed by atoms with Crippen LogP contribution in [0.3, 0.4) is 0 Å². The Labute approximate surface area is 133 Å². The highest BCUT2D eigenvalue weighted by Crippen LogP contribution is 2.37. The maximum absolute atomic E-state index is 10.5. The summed E-state index contributed by atoms with van der Waals surface area (Å²) >= 11 is 2.15. The van der Waals surface area contributed by atoms with Gasteiger partial charge in [-0.1, -0.05) is 27.4 Å². The van der Waals surface area contributed by atoms with Crippen LogP contribution in [-0.4, -0.2) is 25.6 Å². The predicted octanol–water partition coefficient (Wildman–Crippen LogP) is 5.04. The van der Waals surface area contributed by atoms with E-state index in [1.54, 1.807) is 0 Å². The van der Waals surface area contributed by atoms with E-state index >= 15 is 0 Å². The van der Waals surface area contributed by atoms with Crippen LogP contribution in [0.5, 0.6) is 0 Å². The SMILES string of the molecule is C=C(I)/C=C(\C)[C@](C)(O)CCO[Si](C)(C)C(C)(C)C. The van der Waals surface area contributed by atoms with Gasteiger partial charge in [0.2, 0.25) is 0 Å². The summed E-state index contributed by atoms with van der Waals surface area (Å²) in [5.41, 5.74) is 0.113. The second-order valence-electron chi connectivity index (χ2n) is 6.91. The van der Waals surface area contributed by atoms with Crippen molar-refractivity contribution in [2.75, 3.05) is 6.61 Å². The third kappa shape index (κ3) is 6.56. The lowest BCUT2D eigenvalue weighted by atomic mass is 9.93. The predicted molar refractivity (Wildman–Crippen MR) is 95.3 cm³/mol. The van der Waals surface area contributed by atoms with Crippen LogP contribution in [0.1, 0.15) is 41.0 Å². The van der Waals surface area contributed by atoms with E-state index in [-0.39, 0.29) is 5.04 Å². The average molecular weight is 396 g/mol. The molecule has 0 bridgehead atoms. The fraction of sp³-hybridized carbons (Fsp3) is 0.733. The van der Waals surface area contributed by atoms with Gasteiger partial charge in [0, 0.05) is 16.6 Å². The van der Waals surface area contributed by atoms with E-state index in [2.05, 4.69) is 63.0 Å². The van der Waals surface area contributed by atoms with Crippen molar-refractivity contribution in [1.82, 2.24) is 0 Å². The number of aliphatic hydroxyl groups is 1. The number of hydrogen-bond acceptors (Lipinski definition) is 2. The molecule has 0 radical (unpaired) electrons. The fourth-order valence-corrected chi connectivity index (χ4v) is 2.82. The molecule has 0 unspecified atom stereocenters. The number of allylic oxidation sites excluding steroid dienone is 2. The molecule has 0 aromatic carbocycles. The van der Waals surface area contributed by atoms with Gasteiger partial charge in [0.15, 0.2) is 8.32 Å². The second-order valence-corrected chi connectivity index (χ2v) is 13.1. The van der Waals surface area contributed by atoms with Crippen molar-refractivity contribution in [3.8, 4) is 0 Å². The van der Waals surface area contributed by atoms with E-state index in [1.165, 1.54) is 0 Å². The van der Waals surface area contributed by atoms with E-state index in [1.807, 2.05) is 19.9 Å². The zero-order chi connectivity index (χ0) is 15.5. The first-order chi connectivity index (χ1) is 8.29. The first kappa shape index (κ1) is 19.3. The third-order valence-electron chi connectivity index (χ3n) is 4.08. The Balaban J connectivity index is 4.54. The molecule has 0 fully saturated rings. The molecule has 0 heterocycles. The standard InChI is InChI=1S/C15H29IO2Si/c1-12(11-13(2)16)15(6,17)9-10-18-19(7,8)14(3,4)5/h11,17H,2,9-10H2,1,3-8H3/b12-11+/t15-/m1/s1. The van der Waals surface area contributed by atoms with Crippen LogP contribution in [0.25, 0.3) is 0 Å². The molecule has 0 spiro atoms. The molecule has 19 heavy (non-hydrogen) atoms. The normalized spacial score (nSPS) is 17.2. The third-order valence-corrected chi connectivity index (χ3v) is 8.93. The van der Waals surface area contributed by atoms with Gasteiger partial charge < -0.3 is 9.53 Å². The van der Waals surface area contributed by atoms with Gasteiger partial charge in [-0.25, -0.2) is 0 Å². The largest absolute Gasteiger partial charge is 0.417 e. The highest BCUT2D eigenvalue weighted by atomic mass is 127. The van der Waals surface area contributed by atoms with Gasteiger partial charge in [0.25, 0.3) is 0 Å². The molecule has 0 aromatic rings. The summed E-state index contributed by atoms with van der Waals surface area (Å²) in [7, 11) is -1.72. The first-order valence-electron chi connectivity index (χ1n) is 6.69. The molecule has 0 saturated carbocycles. The van der Waals surface area contributed by atoms with Crippen molar-refractivity contribution < 1.29 is 9.53 Å². The lowest BCUT2D eigenvalue weighted by molar-refractivity contribution is 0.0694. The maximum atomic E-state index is 10.5. The molecular formula is C15H29IO2Si. The summed E-state index contributed by atoms with van der Waals surface area (Å²) < 4.78 is 7.04. The van der Waals surface area contributed by atoms with Crippen molar-refractivity contribution >= 4 is 30.9 Å². The van der Waals surface area contributed by atoms with E-state index in [9.17, 15) is 5.11 Å². The summed E-state index contributed by atoms with van der Waals surface area (Å²) in [6.45, 7) is 19.4. The molecule has 4 heteroatoms. The number of rotatable bonds is 6. The Morgan fingerprint density at radius 1 is 1.32 bits per heavy atom. The minimum Gasteiger partial charge on any atom is -0.417 e. The zero-order valence-electron chi connectivity index (χ0n) is 13.4. The van der Waals surface area contributed by atoms with Gasteiger partial charge in [-0.15, -0.1) is 0 Å². The Morgan fingerprint density at radius 3 is 2.16 bits per heavy atom. The molecular weight excluding hydrogens is 367 g/mol. The smallest absolute Gasteiger partial charge is 0.191 e. The van der Waals surface area contributed by atoms with Crippen molar-refractivity contribution in [2.45, 2.75) is 64.8 Å². The van der Waals surface area contributed by atoms with Crippen LogP contribution in [0, 0.1) is 0 Å². The van der Waals surface area contributed by atoms with Crippen LogP contribution < -0.4 is 0 Å². The summed E-state index contributed by atoms with van der Waals surface area (Å²) in [6.07, 6.45) is 2.54. The Kier molecular flexibility index (Phi) is 7.00. The highest BCUT2D eigenvalue weighted by molar-refractivity contribution is 14.1. The lowest BCUT2D eigenvalue weighted by Gasteiger charge is -2.37. The van der Waals surface area contributed by atoms with E-state index in [0.717, 1.165) is 9.15 Å². The molecule has 0 amide bonds. The minimum absolute atomic E-state index is 0.209. The summed E-state index contributed by atoms with van der Waals surface area (Å²) in [6, 6.07) is 0. The maximum Gasteiger partial charge on any atom is 0.191 e. The lowest BCUT2D eigenvalue weighted by Crippen LogP contribution is -2.42. The van der Waals surface area contributed by atoms with Gasteiger partial charge in [0.1, 0.15) is 0 Å². The van der Waals surface area contributed by atoms with Gasteiger partial charge in [-0.05, 0) is 66.2 Å².